The number of carbonyl (C=O) groups is 1. The highest BCUT2D eigenvalue weighted by Gasteiger charge is 2.43. The van der Waals surface area contributed by atoms with E-state index in [1.165, 1.54) is 11.1 Å². The van der Waals surface area contributed by atoms with Gasteiger partial charge < -0.3 is 4.90 Å². The summed E-state index contributed by atoms with van der Waals surface area (Å²) in [5.74, 6) is 0.267. The predicted octanol–water partition coefficient (Wildman–Crippen LogP) is 3.11. The Balaban J connectivity index is 1.69. The van der Waals surface area contributed by atoms with Gasteiger partial charge >= 0.3 is 0 Å². The van der Waals surface area contributed by atoms with Crippen LogP contribution in [-0.4, -0.2) is 65.9 Å². The SMILES string of the molecule is CC(C)N(C(=O)CN1CCC2(CC1)c1ccccc1CCN2C)C(C)C. The maximum Gasteiger partial charge on any atom is 0.237 e. The predicted molar refractivity (Wildman–Crippen MR) is 107 cm³/mol. The molecular weight excluding hydrogens is 322 g/mol. The zero-order valence-corrected chi connectivity index (χ0v) is 17.2. The molecule has 0 N–H and O–H groups in total. The minimum Gasteiger partial charge on any atom is -0.337 e. The number of likely N-dealkylation sites (tertiary alicyclic amines) is 1. The van der Waals surface area contributed by atoms with Gasteiger partial charge in [-0.05, 0) is 65.1 Å². The van der Waals surface area contributed by atoms with Crippen LogP contribution in [0.15, 0.2) is 24.3 Å². The van der Waals surface area contributed by atoms with E-state index in [1.54, 1.807) is 0 Å². The van der Waals surface area contributed by atoms with Crippen LogP contribution in [-0.2, 0) is 16.8 Å². The van der Waals surface area contributed by atoms with Crippen molar-refractivity contribution in [3.05, 3.63) is 35.4 Å². The van der Waals surface area contributed by atoms with Gasteiger partial charge in [-0.15, -0.1) is 0 Å². The summed E-state index contributed by atoms with van der Waals surface area (Å²) >= 11 is 0. The van der Waals surface area contributed by atoms with Gasteiger partial charge in [-0.2, -0.15) is 0 Å². The second kappa shape index (κ2) is 7.69. The fourth-order valence-corrected chi connectivity index (χ4v) is 5.08. The fourth-order valence-electron chi connectivity index (χ4n) is 5.08. The van der Waals surface area contributed by atoms with E-state index in [1.807, 2.05) is 4.90 Å². The molecule has 1 aromatic rings. The Morgan fingerprint density at radius 3 is 2.31 bits per heavy atom. The highest BCUT2D eigenvalue weighted by Crippen LogP contribution is 2.42. The van der Waals surface area contributed by atoms with Crippen molar-refractivity contribution in [2.75, 3.05) is 33.2 Å². The van der Waals surface area contributed by atoms with Gasteiger partial charge in [0.15, 0.2) is 0 Å². The zero-order chi connectivity index (χ0) is 18.9. The molecule has 0 aromatic heterocycles. The van der Waals surface area contributed by atoms with Crippen molar-refractivity contribution < 1.29 is 4.79 Å². The molecule has 1 fully saturated rings. The molecule has 0 aliphatic carbocycles. The van der Waals surface area contributed by atoms with Crippen LogP contribution in [0.2, 0.25) is 0 Å². The van der Waals surface area contributed by atoms with Gasteiger partial charge in [0, 0.05) is 37.3 Å². The van der Waals surface area contributed by atoms with Crippen LogP contribution >= 0.6 is 0 Å². The summed E-state index contributed by atoms with van der Waals surface area (Å²) < 4.78 is 0. The largest absolute Gasteiger partial charge is 0.337 e. The minimum absolute atomic E-state index is 0.157. The average molecular weight is 358 g/mol. The second-order valence-corrected chi connectivity index (χ2v) is 8.62. The number of benzene rings is 1. The molecule has 1 saturated heterocycles. The Bertz CT molecular complexity index is 624. The number of nitrogens with zero attached hydrogens (tertiary/aromatic N) is 3. The Morgan fingerprint density at radius 2 is 1.69 bits per heavy atom. The first-order valence-corrected chi connectivity index (χ1v) is 10.2. The van der Waals surface area contributed by atoms with Crippen molar-refractivity contribution in [3.8, 4) is 0 Å². The molecule has 0 radical (unpaired) electrons. The van der Waals surface area contributed by atoms with E-state index in [-0.39, 0.29) is 23.5 Å². The Hall–Kier alpha value is -1.39. The molecule has 3 rings (SSSR count). The molecule has 1 amide bonds. The van der Waals surface area contributed by atoms with Crippen LogP contribution in [0.3, 0.4) is 0 Å². The summed E-state index contributed by atoms with van der Waals surface area (Å²) in [4.78, 5) is 19.7. The number of hydrogen-bond acceptors (Lipinski definition) is 3. The van der Waals surface area contributed by atoms with Crippen molar-refractivity contribution in [1.82, 2.24) is 14.7 Å². The molecule has 0 atom stereocenters. The topological polar surface area (TPSA) is 26.8 Å². The van der Waals surface area contributed by atoms with Gasteiger partial charge in [-0.25, -0.2) is 0 Å². The average Bonchev–Trinajstić information content (AvgIpc) is 2.59. The molecular formula is C22H35N3O. The molecule has 144 valence electrons. The number of rotatable bonds is 4. The number of likely N-dealkylation sites (N-methyl/N-ethyl adjacent to an activating group) is 1. The lowest BCUT2D eigenvalue weighted by Crippen LogP contribution is -2.56. The summed E-state index contributed by atoms with van der Waals surface area (Å²) in [6, 6.07) is 9.48. The van der Waals surface area contributed by atoms with E-state index in [2.05, 4.69) is 68.8 Å². The van der Waals surface area contributed by atoms with E-state index < -0.39 is 0 Å². The normalized spacial score (nSPS) is 20.6. The van der Waals surface area contributed by atoms with Gasteiger partial charge in [-0.3, -0.25) is 14.6 Å². The van der Waals surface area contributed by atoms with Crippen molar-refractivity contribution >= 4 is 5.91 Å². The standard InChI is InChI=1S/C22H35N3O/c1-17(2)25(18(3)4)21(26)16-24-14-11-22(12-15-24)20-9-7-6-8-19(20)10-13-23(22)5/h6-9,17-18H,10-16H2,1-5H3. The van der Waals surface area contributed by atoms with Crippen molar-refractivity contribution in [2.24, 2.45) is 0 Å². The maximum atomic E-state index is 12.8. The zero-order valence-electron chi connectivity index (χ0n) is 17.2. The molecule has 0 unspecified atom stereocenters. The summed E-state index contributed by atoms with van der Waals surface area (Å²) in [5.41, 5.74) is 3.19. The monoisotopic (exact) mass is 357 g/mol. The smallest absolute Gasteiger partial charge is 0.237 e. The number of hydrogen-bond donors (Lipinski definition) is 0. The van der Waals surface area contributed by atoms with Crippen molar-refractivity contribution in [3.63, 3.8) is 0 Å². The molecule has 4 nitrogen and oxygen atoms in total. The van der Waals surface area contributed by atoms with Crippen LogP contribution < -0.4 is 0 Å². The van der Waals surface area contributed by atoms with Crippen LogP contribution in [0.5, 0.6) is 0 Å². The van der Waals surface area contributed by atoms with Crippen LogP contribution in [0.25, 0.3) is 0 Å². The summed E-state index contributed by atoms with van der Waals surface area (Å²) in [6.07, 6.45) is 3.36. The molecule has 0 bridgehead atoms. The number of piperidine rings is 1. The molecule has 26 heavy (non-hydrogen) atoms. The first kappa shape index (κ1) is 19.4. The Labute approximate surface area is 159 Å². The van der Waals surface area contributed by atoms with Crippen LogP contribution in [0, 0.1) is 0 Å². The number of carbonyl (C=O) groups excluding carboxylic acids is 1. The molecule has 4 heteroatoms. The minimum atomic E-state index is 0.157. The van der Waals surface area contributed by atoms with Crippen molar-refractivity contribution in [2.45, 2.75) is 64.6 Å². The Kier molecular flexibility index (Phi) is 5.73. The molecule has 0 saturated carbocycles. The second-order valence-electron chi connectivity index (χ2n) is 8.62. The highest BCUT2D eigenvalue weighted by atomic mass is 16.2. The Morgan fingerprint density at radius 1 is 1.08 bits per heavy atom. The van der Waals surface area contributed by atoms with E-state index in [4.69, 9.17) is 0 Å². The quantitative estimate of drug-likeness (QED) is 0.828. The molecule has 2 aliphatic heterocycles. The van der Waals surface area contributed by atoms with Gasteiger partial charge in [0.05, 0.1) is 6.54 Å². The van der Waals surface area contributed by atoms with Gasteiger partial charge in [-0.1, -0.05) is 24.3 Å². The van der Waals surface area contributed by atoms with E-state index in [0.29, 0.717) is 6.54 Å². The summed E-state index contributed by atoms with van der Waals surface area (Å²) in [6.45, 7) is 12.1. The third-order valence-corrected chi connectivity index (χ3v) is 6.41. The number of fused-ring (bicyclic) bond motifs is 2. The van der Waals surface area contributed by atoms with Crippen LogP contribution in [0.4, 0.5) is 0 Å². The van der Waals surface area contributed by atoms with E-state index in [0.717, 1.165) is 38.9 Å². The van der Waals surface area contributed by atoms with Gasteiger partial charge in [0.2, 0.25) is 5.91 Å². The lowest BCUT2D eigenvalue weighted by atomic mass is 9.74. The lowest BCUT2D eigenvalue weighted by Gasteiger charge is -2.51. The maximum absolute atomic E-state index is 12.8. The number of amides is 1. The first-order chi connectivity index (χ1) is 12.3. The van der Waals surface area contributed by atoms with E-state index >= 15 is 0 Å². The summed E-state index contributed by atoms with van der Waals surface area (Å²) in [5, 5.41) is 0. The molecule has 1 spiro atoms. The summed E-state index contributed by atoms with van der Waals surface area (Å²) in [7, 11) is 2.27. The first-order valence-electron chi connectivity index (χ1n) is 10.2. The third-order valence-electron chi connectivity index (χ3n) is 6.41. The van der Waals surface area contributed by atoms with Gasteiger partial charge in [0.25, 0.3) is 0 Å². The fraction of sp³-hybridized carbons (Fsp3) is 0.682. The molecule has 1 aromatic carbocycles. The van der Waals surface area contributed by atoms with Crippen LogP contribution in [0.1, 0.15) is 51.7 Å². The van der Waals surface area contributed by atoms with Gasteiger partial charge in [0.1, 0.15) is 0 Å². The van der Waals surface area contributed by atoms with E-state index in [9.17, 15) is 4.79 Å². The third kappa shape index (κ3) is 3.54. The molecule has 2 aliphatic rings. The highest BCUT2D eigenvalue weighted by molar-refractivity contribution is 5.78. The van der Waals surface area contributed by atoms with Crippen molar-refractivity contribution in [1.29, 1.82) is 0 Å². The molecule has 2 heterocycles. The lowest BCUT2D eigenvalue weighted by molar-refractivity contribution is -0.136.